The quantitative estimate of drug-likeness (QED) is 0.305. The van der Waals surface area contributed by atoms with Crippen molar-refractivity contribution in [3.63, 3.8) is 0 Å². The van der Waals surface area contributed by atoms with Crippen LogP contribution in [0.25, 0.3) is 54.5 Å². The van der Waals surface area contributed by atoms with Crippen molar-refractivity contribution < 1.29 is 0 Å². The molecule has 6 aromatic rings. The Balaban J connectivity index is 0.00000109. The highest BCUT2D eigenvalue weighted by Crippen LogP contribution is 2.42. The Labute approximate surface area is 185 Å². The predicted octanol–water partition coefficient (Wildman–Crippen LogP) is 5.76. The van der Waals surface area contributed by atoms with Crippen molar-refractivity contribution in [2.75, 3.05) is 13.6 Å². The van der Waals surface area contributed by atoms with E-state index in [1.165, 1.54) is 38.0 Å². The fourth-order valence-corrected chi connectivity index (χ4v) is 4.69. The summed E-state index contributed by atoms with van der Waals surface area (Å²) in [6, 6.07) is 17.1. The van der Waals surface area contributed by atoms with E-state index in [0.717, 1.165) is 36.1 Å². The minimum atomic E-state index is 0. The van der Waals surface area contributed by atoms with Gasteiger partial charge in [-0.1, -0.05) is 36.4 Å². The van der Waals surface area contributed by atoms with Gasteiger partial charge < -0.3 is 20.1 Å². The second kappa shape index (κ2) is 7.84. The van der Waals surface area contributed by atoms with E-state index < -0.39 is 0 Å². The van der Waals surface area contributed by atoms with Gasteiger partial charge >= 0.3 is 0 Å². The number of benzene rings is 3. The maximum absolute atomic E-state index is 5.09. The monoisotopic (exact) mass is 439 g/mol. The number of H-pyrrole nitrogens is 2. The van der Waals surface area contributed by atoms with Gasteiger partial charge in [-0.2, -0.15) is 0 Å². The molecule has 0 saturated heterocycles. The van der Waals surface area contributed by atoms with Gasteiger partial charge in [-0.25, -0.2) is 4.98 Å². The first-order chi connectivity index (χ1) is 13.9. The summed E-state index contributed by atoms with van der Waals surface area (Å²) in [6.45, 7) is 1.95. The lowest BCUT2D eigenvalue weighted by atomic mass is 10.0. The van der Waals surface area contributed by atoms with Crippen LogP contribution < -0.4 is 5.32 Å². The minimum Gasteiger partial charge on any atom is -0.339 e. The summed E-state index contributed by atoms with van der Waals surface area (Å²) in [5, 5.41) is 16.1. The Hall–Kier alpha value is -2.73. The summed E-state index contributed by atoms with van der Waals surface area (Å²) >= 11 is 0. The van der Waals surface area contributed by atoms with E-state index in [0.29, 0.717) is 0 Å². The molecule has 0 atom stereocenters. The number of halogens is 2. The van der Waals surface area contributed by atoms with Crippen molar-refractivity contribution in [2.45, 2.75) is 13.0 Å². The van der Waals surface area contributed by atoms with Crippen LogP contribution in [-0.4, -0.2) is 33.3 Å². The third kappa shape index (κ3) is 2.70. The highest BCUT2D eigenvalue weighted by Gasteiger charge is 2.21. The van der Waals surface area contributed by atoms with Crippen LogP contribution >= 0.6 is 24.8 Å². The largest absolute Gasteiger partial charge is 0.339 e. The number of nitrogens with zero attached hydrogens (tertiary/aromatic N) is 2. The molecule has 0 radical (unpaired) electrons. The average Bonchev–Trinajstić information content (AvgIpc) is 3.41. The Morgan fingerprint density at radius 3 is 2.53 bits per heavy atom. The summed E-state index contributed by atoms with van der Waals surface area (Å²) in [7, 11) is 2.01. The first kappa shape index (κ1) is 20.5. The summed E-state index contributed by atoms with van der Waals surface area (Å²) in [5.74, 6) is 0. The van der Waals surface area contributed by atoms with E-state index in [4.69, 9.17) is 4.98 Å². The zero-order valence-electron chi connectivity index (χ0n) is 16.5. The number of hydrogen-bond acceptors (Lipinski definition) is 2. The van der Waals surface area contributed by atoms with Crippen LogP contribution in [0.2, 0.25) is 0 Å². The SMILES string of the molecule is CNCCCn1c2ccccc2c2c3[nH][nH]cc3c3c4ccccc4nc3c21.Cl.Cl. The number of hydrogen-bond donors (Lipinski definition) is 3. The standard InChI is InChI=1S/C23H21N5.2ClH/c1-24-11-6-12-28-18-10-5-3-8-15(18)20-21-16(13-25-27-21)19-14-7-2-4-9-17(14)26-22(19)23(20)28;;/h2-5,7-10,13,24-25,27H,6,11-12H2,1H3;2*1H. The lowest BCUT2D eigenvalue weighted by Crippen LogP contribution is -2.11. The Bertz CT molecular complexity index is 1490. The molecule has 0 aliphatic carbocycles. The van der Waals surface area contributed by atoms with Crippen LogP contribution in [0.5, 0.6) is 0 Å². The molecule has 3 N–H and O–H groups in total. The highest BCUT2D eigenvalue weighted by molar-refractivity contribution is 6.34. The molecule has 0 fully saturated rings. The van der Waals surface area contributed by atoms with Gasteiger partial charge in [0.05, 0.1) is 22.1 Å². The molecule has 5 nitrogen and oxygen atoms in total. The van der Waals surface area contributed by atoms with Gasteiger partial charge in [-0.3, -0.25) is 0 Å². The van der Waals surface area contributed by atoms with Gasteiger partial charge in [0.2, 0.25) is 0 Å². The number of aromatic nitrogens is 4. The van der Waals surface area contributed by atoms with E-state index in [-0.39, 0.29) is 24.8 Å². The molecule has 0 spiro atoms. The van der Waals surface area contributed by atoms with Crippen LogP contribution in [-0.2, 0) is 6.54 Å². The fraction of sp³-hybridized carbons (Fsp3) is 0.174. The number of aryl methyl sites for hydroxylation is 1. The van der Waals surface area contributed by atoms with Crippen molar-refractivity contribution in [1.82, 2.24) is 25.1 Å². The summed E-state index contributed by atoms with van der Waals surface area (Å²) in [4.78, 5) is 5.09. The molecular weight excluding hydrogens is 417 g/mol. The second-order valence-electron chi connectivity index (χ2n) is 7.40. The predicted molar refractivity (Wildman–Crippen MR) is 131 cm³/mol. The van der Waals surface area contributed by atoms with E-state index in [9.17, 15) is 0 Å². The maximum Gasteiger partial charge on any atom is 0.0967 e. The average molecular weight is 440 g/mol. The van der Waals surface area contributed by atoms with Crippen LogP contribution in [0.3, 0.4) is 0 Å². The van der Waals surface area contributed by atoms with Crippen molar-refractivity contribution in [3.05, 3.63) is 54.7 Å². The highest BCUT2D eigenvalue weighted by atomic mass is 35.5. The van der Waals surface area contributed by atoms with Crippen LogP contribution in [0.4, 0.5) is 0 Å². The molecule has 3 aromatic carbocycles. The summed E-state index contributed by atoms with van der Waals surface area (Å²) < 4.78 is 2.45. The van der Waals surface area contributed by atoms with Gasteiger partial charge in [-0.15, -0.1) is 24.8 Å². The van der Waals surface area contributed by atoms with Crippen LogP contribution in [0, 0.1) is 0 Å². The molecule has 6 rings (SSSR count). The third-order valence-electron chi connectivity index (χ3n) is 5.85. The topological polar surface area (TPSA) is 61.4 Å². The van der Waals surface area contributed by atoms with Crippen molar-refractivity contribution in [3.8, 4) is 0 Å². The molecule has 30 heavy (non-hydrogen) atoms. The smallest absolute Gasteiger partial charge is 0.0967 e. The molecular formula is C23H23Cl2N5. The lowest BCUT2D eigenvalue weighted by Gasteiger charge is -2.08. The van der Waals surface area contributed by atoms with E-state index in [1.807, 2.05) is 7.05 Å². The minimum absolute atomic E-state index is 0. The number of nitrogens with one attached hydrogen (secondary N) is 3. The molecule has 0 bridgehead atoms. The van der Waals surface area contributed by atoms with E-state index in [2.05, 4.69) is 74.8 Å². The van der Waals surface area contributed by atoms with E-state index in [1.54, 1.807) is 0 Å². The first-order valence-corrected chi connectivity index (χ1v) is 9.80. The molecule has 154 valence electrons. The van der Waals surface area contributed by atoms with Gasteiger partial charge in [0.25, 0.3) is 0 Å². The van der Waals surface area contributed by atoms with Gasteiger partial charge in [0, 0.05) is 45.2 Å². The van der Waals surface area contributed by atoms with Crippen LogP contribution in [0.15, 0.2) is 54.7 Å². The summed E-state index contributed by atoms with van der Waals surface area (Å²) in [6.07, 6.45) is 3.14. The van der Waals surface area contributed by atoms with Gasteiger partial charge in [0.1, 0.15) is 0 Å². The Morgan fingerprint density at radius 2 is 1.70 bits per heavy atom. The molecule has 3 heterocycles. The second-order valence-corrected chi connectivity index (χ2v) is 7.40. The molecule has 0 saturated carbocycles. The third-order valence-corrected chi connectivity index (χ3v) is 5.85. The van der Waals surface area contributed by atoms with E-state index >= 15 is 0 Å². The molecule has 0 amide bonds. The molecule has 3 aromatic heterocycles. The van der Waals surface area contributed by atoms with Crippen molar-refractivity contribution >= 4 is 79.3 Å². The molecule has 0 aliphatic rings. The Kier molecular flexibility index (Phi) is 5.36. The number of rotatable bonds is 4. The normalized spacial score (nSPS) is 11.5. The zero-order valence-corrected chi connectivity index (χ0v) is 18.2. The lowest BCUT2D eigenvalue weighted by molar-refractivity contribution is 0.639. The Morgan fingerprint density at radius 1 is 0.933 bits per heavy atom. The summed E-state index contributed by atoms with van der Waals surface area (Å²) in [5.41, 5.74) is 5.80. The van der Waals surface area contributed by atoms with Crippen LogP contribution in [0.1, 0.15) is 6.42 Å². The molecule has 0 unspecified atom stereocenters. The number of fused-ring (bicyclic) bond motifs is 10. The van der Waals surface area contributed by atoms with Gasteiger partial charge in [-0.05, 0) is 32.1 Å². The molecule has 0 aliphatic heterocycles. The number of aromatic amines is 2. The van der Waals surface area contributed by atoms with Gasteiger partial charge in [0.15, 0.2) is 0 Å². The maximum atomic E-state index is 5.09. The molecule has 7 heteroatoms. The van der Waals surface area contributed by atoms with Crippen molar-refractivity contribution in [2.24, 2.45) is 0 Å². The zero-order chi connectivity index (χ0) is 18.7. The fourth-order valence-electron chi connectivity index (χ4n) is 4.69. The first-order valence-electron chi connectivity index (χ1n) is 9.80. The van der Waals surface area contributed by atoms with Crippen molar-refractivity contribution in [1.29, 1.82) is 0 Å². The number of para-hydroxylation sites is 2.